The summed E-state index contributed by atoms with van der Waals surface area (Å²) in [6, 6.07) is 8.77. The molecule has 0 saturated heterocycles. The first-order valence-corrected chi connectivity index (χ1v) is 9.39. The van der Waals surface area contributed by atoms with E-state index in [0.717, 1.165) is 12.1 Å². The van der Waals surface area contributed by atoms with Crippen molar-refractivity contribution in [2.45, 2.75) is 25.4 Å². The van der Waals surface area contributed by atoms with E-state index in [0.29, 0.717) is 12.8 Å². The van der Waals surface area contributed by atoms with Gasteiger partial charge < -0.3 is 14.9 Å². The molecule has 30 heavy (non-hydrogen) atoms. The summed E-state index contributed by atoms with van der Waals surface area (Å²) in [6.45, 7) is 0.0557. The highest BCUT2D eigenvalue weighted by Crippen LogP contribution is 2.38. The molecule has 5 nitrogen and oxygen atoms in total. The van der Waals surface area contributed by atoms with Gasteiger partial charge in [0.25, 0.3) is 0 Å². The molecule has 2 aromatic carbocycles. The summed E-state index contributed by atoms with van der Waals surface area (Å²) < 4.78 is 50.8. The molecule has 1 heterocycles. The predicted octanol–water partition coefficient (Wildman–Crippen LogP) is 5.17. The van der Waals surface area contributed by atoms with Crippen molar-refractivity contribution < 1.29 is 27.1 Å². The SMILES string of the molecule is NC(=O)CCCCOc1cc(C(F)(F)F)ccc1-c1cc(=O)c2cccc(Cl)c2o1. The molecule has 9 heteroatoms. The smallest absolute Gasteiger partial charge is 0.416 e. The summed E-state index contributed by atoms with van der Waals surface area (Å²) in [6.07, 6.45) is -3.58. The first-order chi connectivity index (χ1) is 14.2. The molecule has 0 radical (unpaired) electrons. The number of carbonyl (C=O) groups excluding carboxylic acids is 1. The number of unbranched alkanes of at least 4 members (excludes halogenated alkanes) is 1. The zero-order valence-electron chi connectivity index (χ0n) is 15.6. The van der Waals surface area contributed by atoms with E-state index in [4.69, 9.17) is 26.5 Å². The predicted molar refractivity (Wildman–Crippen MR) is 106 cm³/mol. The Bertz CT molecular complexity index is 1140. The van der Waals surface area contributed by atoms with Crippen LogP contribution in [-0.4, -0.2) is 12.5 Å². The van der Waals surface area contributed by atoms with Gasteiger partial charge in [0.05, 0.1) is 28.1 Å². The van der Waals surface area contributed by atoms with Crippen LogP contribution in [0.1, 0.15) is 24.8 Å². The molecule has 158 valence electrons. The van der Waals surface area contributed by atoms with E-state index in [1.165, 1.54) is 12.1 Å². The number of rotatable bonds is 7. The Hall–Kier alpha value is -3.00. The number of halogens is 4. The molecule has 0 fully saturated rings. The third-order valence-corrected chi connectivity index (χ3v) is 4.65. The third-order valence-electron chi connectivity index (χ3n) is 4.36. The topological polar surface area (TPSA) is 82.5 Å². The number of para-hydroxylation sites is 1. The van der Waals surface area contributed by atoms with Gasteiger partial charge in [-0.05, 0) is 43.2 Å². The number of carbonyl (C=O) groups is 1. The van der Waals surface area contributed by atoms with Crippen LogP contribution < -0.4 is 15.9 Å². The van der Waals surface area contributed by atoms with E-state index >= 15 is 0 Å². The summed E-state index contributed by atoms with van der Waals surface area (Å²) in [5.74, 6) is -0.538. The highest BCUT2D eigenvalue weighted by Gasteiger charge is 2.31. The van der Waals surface area contributed by atoms with E-state index < -0.39 is 17.6 Å². The van der Waals surface area contributed by atoms with E-state index in [1.807, 2.05) is 0 Å². The lowest BCUT2D eigenvalue weighted by Gasteiger charge is -2.15. The number of hydrogen-bond acceptors (Lipinski definition) is 4. The number of ether oxygens (including phenoxy) is 1. The minimum absolute atomic E-state index is 0.0291. The molecule has 0 unspecified atom stereocenters. The minimum Gasteiger partial charge on any atom is -0.493 e. The quantitative estimate of drug-likeness (QED) is 0.515. The number of nitrogens with two attached hydrogens (primary N) is 1. The van der Waals surface area contributed by atoms with Crippen molar-refractivity contribution in [3.63, 3.8) is 0 Å². The second-order valence-electron chi connectivity index (χ2n) is 6.57. The molecule has 1 aromatic heterocycles. The number of alkyl halides is 3. The van der Waals surface area contributed by atoms with Crippen LogP contribution >= 0.6 is 11.6 Å². The van der Waals surface area contributed by atoms with Crippen molar-refractivity contribution in [3.05, 3.63) is 63.3 Å². The van der Waals surface area contributed by atoms with Gasteiger partial charge in [-0.3, -0.25) is 9.59 Å². The first-order valence-electron chi connectivity index (χ1n) is 9.02. The van der Waals surface area contributed by atoms with Gasteiger partial charge in [0.15, 0.2) is 11.0 Å². The normalized spacial score (nSPS) is 11.6. The average molecular weight is 440 g/mol. The fourth-order valence-electron chi connectivity index (χ4n) is 2.88. The fourth-order valence-corrected chi connectivity index (χ4v) is 3.09. The lowest BCUT2D eigenvalue weighted by atomic mass is 10.1. The van der Waals surface area contributed by atoms with Crippen LogP contribution in [-0.2, 0) is 11.0 Å². The van der Waals surface area contributed by atoms with Crippen LogP contribution in [0.5, 0.6) is 5.75 Å². The van der Waals surface area contributed by atoms with Gasteiger partial charge in [-0.1, -0.05) is 17.7 Å². The van der Waals surface area contributed by atoms with Crippen LogP contribution in [0.4, 0.5) is 13.2 Å². The van der Waals surface area contributed by atoms with Gasteiger partial charge >= 0.3 is 6.18 Å². The molecular formula is C21H17ClF3NO4. The number of primary amides is 1. The molecule has 2 N–H and O–H groups in total. The van der Waals surface area contributed by atoms with E-state index in [1.54, 1.807) is 18.2 Å². The molecule has 0 saturated carbocycles. The summed E-state index contributed by atoms with van der Waals surface area (Å²) >= 11 is 6.11. The molecule has 0 aliphatic carbocycles. The Morgan fingerprint density at radius 2 is 1.90 bits per heavy atom. The summed E-state index contributed by atoms with van der Waals surface area (Å²) in [4.78, 5) is 23.2. The largest absolute Gasteiger partial charge is 0.493 e. The Kier molecular flexibility index (Phi) is 6.36. The standard InChI is InChI=1S/C21H17ClF3NO4/c22-15-5-3-4-13-16(27)11-18(30-20(13)15)14-8-7-12(21(23,24)25)10-17(14)29-9-2-1-6-19(26)28/h3-5,7-8,10-11H,1-2,6,9H2,(H2,26,28). The van der Waals surface area contributed by atoms with Gasteiger partial charge in [0, 0.05) is 12.5 Å². The number of fused-ring (bicyclic) bond motifs is 1. The van der Waals surface area contributed by atoms with Gasteiger partial charge in [0.2, 0.25) is 5.91 Å². The van der Waals surface area contributed by atoms with E-state index in [9.17, 15) is 22.8 Å². The minimum atomic E-state index is -4.57. The van der Waals surface area contributed by atoms with Crippen molar-refractivity contribution >= 4 is 28.5 Å². The zero-order chi connectivity index (χ0) is 21.9. The molecular weight excluding hydrogens is 423 g/mol. The Labute approximate surface area is 174 Å². The van der Waals surface area contributed by atoms with Crippen LogP contribution in [0.25, 0.3) is 22.3 Å². The maximum Gasteiger partial charge on any atom is 0.416 e. The summed E-state index contributed by atoms with van der Waals surface area (Å²) in [5, 5.41) is 0.458. The van der Waals surface area contributed by atoms with Crippen molar-refractivity contribution in [3.8, 4) is 17.1 Å². The van der Waals surface area contributed by atoms with Crippen LogP contribution in [0.2, 0.25) is 5.02 Å². The van der Waals surface area contributed by atoms with Crippen LogP contribution in [0, 0.1) is 0 Å². The highest BCUT2D eigenvalue weighted by molar-refractivity contribution is 6.34. The maximum absolute atomic E-state index is 13.2. The van der Waals surface area contributed by atoms with E-state index in [-0.39, 0.29) is 51.5 Å². The molecule has 0 aliphatic rings. The monoisotopic (exact) mass is 439 g/mol. The molecule has 0 aliphatic heterocycles. The number of hydrogen-bond donors (Lipinski definition) is 1. The average Bonchev–Trinajstić information content (AvgIpc) is 2.67. The molecule has 1 amide bonds. The Balaban J connectivity index is 2.01. The van der Waals surface area contributed by atoms with Crippen molar-refractivity contribution in [2.24, 2.45) is 5.73 Å². The maximum atomic E-state index is 13.2. The fraction of sp³-hybridized carbons (Fsp3) is 0.238. The molecule has 3 rings (SSSR count). The zero-order valence-corrected chi connectivity index (χ0v) is 16.3. The third kappa shape index (κ3) is 4.94. The molecule has 0 bridgehead atoms. The molecule has 3 aromatic rings. The summed E-state index contributed by atoms with van der Waals surface area (Å²) in [7, 11) is 0. The van der Waals surface area contributed by atoms with Crippen molar-refractivity contribution in [1.29, 1.82) is 0 Å². The molecule has 0 spiro atoms. The number of benzene rings is 2. The van der Waals surface area contributed by atoms with Crippen molar-refractivity contribution in [2.75, 3.05) is 6.61 Å². The van der Waals surface area contributed by atoms with Crippen molar-refractivity contribution in [1.82, 2.24) is 0 Å². The lowest BCUT2D eigenvalue weighted by molar-refractivity contribution is -0.137. The van der Waals surface area contributed by atoms with Gasteiger partial charge in [0.1, 0.15) is 11.5 Å². The van der Waals surface area contributed by atoms with Crippen LogP contribution in [0.15, 0.2) is 51.7 Å². The second kappa shape index (κ2) is 8.79. The summed E-state index contributed by atoms with van der Waals surface area (Å²) in [5.41, 5.74) is 4.09. The lowest BCUT2D eigenvalue weighted by Crippen LogP contribution is -2.11. The first kappa shape index (κ1) is 21.7. The van der Waals surface area contributed by atoms with Gasteiger partial charge in [-0.25, -0.2) is 0 Å². The van der Waals surface area contributed by atoms with Crippen LogP contribution in [0.3, 0.4) is 0 Å². The number of amides is 1. The second-order valence-corrected chi connectivity index (χ2v) is 6.98. The van der Waals surface area contributed by atoms with Gasteiger partial charge in [-0.15, -0.1) is 0 Å². The van der Waals surface area contributed by atoms with E-state index in [2.05, 4.69) is 0 Å². The Morgan fingerprint density at radius 3 is 2.60 bits per heavy atom. The Morgan fingerprint density at radius 1 is 1.13 bits per heavy atom. The highest BCUT2D eigenvalue weighted by atomic mass is 35.5. The molecule has 0 atom stereocenters. The van der Waals surface area contributed by atoms with Gasteiger partial charge in [-0.2, -0.15) is 13.2 Å².